The summed E-state index contributed by atoms with van der Waals surface area (Å²) in [4.78, 5) is 28.7. The Bertz CT molecular complexity index is 669. The Morgan fingerprint density at radius 3 is 2.38 bits per heavy atom. The number of hydrogen-bond donors (Lipinski definition) is 0. The van der Waals surface area contributed by atoms with Gasteiger partial charge in [0.05, 0.1) is 12.0 Å². The van der Waals surface area contributed by atoms with Crippen LogP contribution in [0.25, 0.3) is 0 Å². The van der Waals surface area contributed by atoms with Gasteiger partial charge in [0.2, 0.25) is 11.8 Å². The molecular formula is C19H23F3N2O2. The van der Waals surface area contributed by atoms with Gasteiger partial charge in [0.25, 0.3) is 0 Å². The number of amides is 2. The van der Waals surface area contributed by atoms with E-state index in [1.807, 2.05) is 0 Å². The van der Waals surface area contributed by atoms with E-state index in [1.54, 1.807) is 4.90 Å². The minimum Gasteiger partial charge on any atom is -0.341 e. The highest BCUT2D eigenvalue weighted by molar-refractivity contribution is 5.89. The Labute approximate surface area is 151 Å². The molecule has 1 aromatic carbocycles. The predicted molar refractivity (Wildman–Crippen MR) is 90.3 cm³/mol. The maximum absolute atomic E-state index is 13.1. The summed E-state index contributed by atoms with van der Waals surface area (Å²) < 4.78 is 39.4. The van der Waals surface area contributed by atoms with Crippen LogP contribution in [0.1, 0.15) is 43.2 Å². The number of halogens is 3. The molecule has 1 atom stereocenters. The summed E-state index contributed by atoms with van der Waals surface area (Å²) in [6.07, 6.45) is -0.509. The van der Waals surface area contributed by atoms with E-state index in [1.165, 1.54) is 23.1 Å². The van der Waals surface area contributed by atoms with Crippen LogP contribution in [0.2, 0.25) is 0 Å². The summed E-state index contributed by atoms with van der Waals surface area (Å²) in [5, 5.41) is 0. The van der Waals surface area contributed by atoms with Gasteiger partial charge in [0.15, 0.2) is 0 Å². The molecule has 7 heteroatoms. The van der Waals surface area contributed by atoms with Crippen molar-refractivity contribution in [1.82, 2.24) is 9.80 Å². The second-order valence-electron chi connectivity index (χ2n) is 6.96. The molecule has 0 spiro atoms. The van der Waals surface area contributed by atoms with E-state index in [0.29, 0.717) is 32.5 Å². The molecule has 4 nitrogen and oxygen atoms in total. The Morgan fingerprint density at radius 1 is 1.00 bits per heavy atom. The average molecular weight is 368 g/mol. The molecule has 1 aromatic rings. The van der Waals surface area contributed by atoms with Crippen LogP contribution in [0.3, 0.4) is 0 Å². The van der Waals surface area contributed by atoms with E-state index in [4.69, 9.17) is 0 Å². The van der Waals surface area contributed by atoms with Gasteiger partial charge < -0.3 is 9.80 Å². The van der Waals surface area contributed by atoms with Gasteiger partial charge in [-0.05, 0) is 43.7 Å². The number of alkyl halides is 3. The van der Waals surface area contributed by atoms with Gasteiger partial charge in [-0.25, -0.2) is 0 Å². The van der Waals surface area contributed by atoms with Crippen LogP contribution in [0.15, 0.2) is 24.3 Å². The lowest BCUT2D eigenvalue weighted by Gasteiger charge is -2.32. The number of hydrogen-bond acceptors (Lipinski definition) is 2. The van der Waals surface area contributed by atoms with Crippen LogP contribution in [0, 0.1) is 0 Å². The Balaban J connectivity index is 1.72. The summed E-state index contributed by atoms with van der Waals surface area (Å²) in [6.45, 7) is 1.83. The van der Waals surface area contributed by atoms with Crippen molar-refractivity contribution in [2.45, 2.75) is 50.7 Å². The highest BCUT2D eigenvalue weighted by Crippen LogP contribution is 2.32. The summed E-state index contributed by atoms with van der Waals surface area (Å²) in [5.41, 5.74) is -0.826. The number of carbonyl (C=O) groups is 2. The van der Waals surface area contributed by atoms with Crippen molar-refractivity contribution >= 4 is 11.8 Å². The first-order valence-electron chi connectivity index (χ1n) is 9.11. The Kier molecular flexibility index (Phi) is 5.53. The third kappa shape index (κ3) is 4.02. The molecule has 0 aromatic heterocycles. The van der Waals surface area contributed by atoms with Crippen LogP contribution < -0.4 is 0 Å². The van der Waals surface area contributed by atoms with E-state index < -0.39 is 23.7 Å². The zero-order chi connectivity index (χ0) is 18.7. The Hall–Kier alpha value is -2.05. The molecule has 2 heterocycles. The second-order valence-corrected chi connectivity index (χ2v) is 6.96. The van der Waals surface area contributed by atoms with Crippen LogP contribution in [-0.4, -0.2) is 47.3 Å². The maximum atomic E-state index is 13.1. The Morgan fingerprint density at radius 2 is 1.69 bits per heavy atom. The first-order chi connectivity index (χ1) is 12.4. The fourth-order valence-corrected chi connectivity index (χ4v) is 3.86. The monoisotopic (exact) mass is 368 g/mol. The molecule has 2 fully saturated rings. The van der Waals surface area contributed by atoms with Crippen molar-refractivity contribution in [2.75, 3.05) is 19.6 Å². The maximum Gasteiger partial charge on any atom is 0.416 e. The minimum absolute atomic E-state index is 0.0407. The summed E-state index contributed by atoms with van der Waals surface area (Å²) in [5.74, 6) is -0.464. The zero-order valence-electron chi connectivity index (χ0n) is 14.6. The van der Waals surface area contributed by atoms with Gasteiger partial charge in [-0.2, -0.15) is 13.2 Å². The smallest absolute Gasteiger partial charge is 0.341 e. The number of carbonyl (C=O) groups excluding carboxylic acids is 2. The molecule has 0 radical (unpaired) electrons. The molecule has 3 rings (SSSR count). The SMILES string of the molecule is O=C([C@@H]1CCCN1C(=O)Cc1ccccc1C(F)(F)F)N1CCCCC1. The molecule has 2 amide bonds. The van der Waals surface area contributed by atoms with Crippen molar-refractivity contribution < 1.29 is 22.8 Å². The minimum atomic E-state index is -4.50. The van der Waals surface area contributed by atoms with Gasteiger partial charge in [0.1, 0.15) is 6.04 Å². The van der Waals surface area contributed by atoms with Crippen molar-refractivity contribution in [1.29, 1.82) is 0 Å². The molecule has 0 bridgehead atoms. The molecule has 142 valence electrons. The van der Waals surface area contributed by atoms with Crippen LogP contribution in [0.4, 0.5) is 13.2 Å². The summed E-state index contributed by atoms with van der Waals surface area (Å²) in [7, 11) is 0. The normalized spacial score (nSPS) is 21.1. The molecule has 0 N–H and O–H groups in total. The lowest BCUT2D eigenvalue weighted by atomic mass is 10.0. The van der Waals surface area contributed by atoms with Gasteiger partial charge in [-0.3, -0.25) is 9.59 Å². The van der Waals surface area contributed by atoms with Crippen LogP contribution >= 0.6 is 0 Å². The molecule has 2 saturated heterocycles. The lowest BCUT2D eigenvalue weighted by molar-refractivity contribution is -0.144. The van der Waals surface area contributed by atoms with Gasteiger partial charge in [-0.15, -0.1) is 0 Å². The number of nitrogens with zero attached hydrogens (tertiary/aromatic N) is 2. The fourth-order valence-electron chi connectivity index (χ4n) is 3.86. The molecule has 0 aliphatic carbocycles. The van der Waals surface area contributed by atoms with Crippen molar-refractivity contribution in [3.8, 4) is 0 Å². The van der Waals surface area contributed by atoms with E-state index in [0.717, 1.165) is 25.3 Å². The molecule has 0 saturated carbocycles. The molecule has 2 aliphatic heterocycles. The highest BCUT2D eigenvalue weighted by Gasteiger charge is 2.38. The van der Waals surface area contributed by atoms with Gasteiger partial charge in [0, 0.05) is 19.6 Å². The third-order valence-corrected chi connectivity index (χ3v) is 5.19. The van der Waals surface area contributed by atoms with Crippen molar-refractivity contribution in [3.05, 3.63) is 35.4 Å². The van der Waals surface area contributed by atoms with E-state index in [2.05, 4.69) is 0 Å². The predicted octanol–water partition coefficient (Wildman–Crippen LogP) is 3.25. The first kappa shape index (κ1) is 18.7. The van der Waals surface area contributed by atoms with Crippen molar-refractivity contribution in [2.24, 2.45) is 0 Å². The number of rotatable bonds is 3. The highest BCUT2D eigenvalue weighted by atomic mass is 19.4. The van der Waals surface area contributed by atoms with Crippen molar-refractivity contribution in [3.63, 3.8) is 0 Å². The molecule has 26 heavy (non-hydrogen) atoms. The fraction of sp³-hybridized carbons (Fsp3) is 0.579. The van der Waals surface area contributed by atoms with Gasteiger partial charge >= 0.3 is 6.18 Å². The zero-order valence-corrected chi connectivity index (χ0v) is 14.6. The third-order valence-electron chi connectivity index (χ3n) is 5.19. The largest absolute Gasteiger partial charge is 0.416 e. The standard InChI is InChI=1S/C19H23F3N2O2/c20-19(21,22)15-8-3-2-7-14(15)13-17(25)24-12-6-9-16(24)18(26)23-10-4-1-5-11-23/h2-3,7-8,16H,1,4-6,9-13H2/t16-/m0/s1. The van der Waals surface area contributed by atoms with Crippen LogP contribution in [-0.2, 0) is 22.2 Å². The number of likely N-dealkylation sites (tertiary alicyclic amines) is 2. The second kappa shape index (κ2) is 7.68. The summed E-state index contributed by atoms with van der Waals surface area (Å²) in [6, 6.07) is 4.60. The topological polar surface area (TPSA) is 40.6 Å². The van der Waals surface area contributed by atoms with Crippen LogP contribution in [0.5, 0.6) is 0 Å². The molecular weight excluding hydrogens is 345 g/mol. The molecule has 0 unspecified atom stereocenters. The van der Waals surface area contributed by atoms with E-state index >= 15 is 0 Å². The van der Waals surface area contributed by atoms with E-state index in [-0.39, 0.29) is 17.9 Å². The number of piperidine rings is 1. The quantitative estimate of drug-likeness (QED) is 0.822. The van der Waals surface area contributed by atoms with E-state index in [9.17, 15) is 22.8 Å². The summed E-state index contributed by atoms with van der Waals surface area (Å²) >= 11 is 0. The lowest BCUT2D eigenvalue weighted by Crippen LogP contribution is -2.49. The first-order valence-corrected chi connectivity index (χ1v) is 9.11. The number of benzene rings is 1. The average Bonchev–Trinajstić information content (AvgIpc) is 3.11. The molecule has 2 aliphatic rings. The van der Waals surface area contributed by atoms with Gasteiger partial charge in [-0.1, -0.05) is 18.2 Å².